The highest BCUT2D eigenvalue weighted by atomic mass is 32.1. The SMILES string of the molecule is [2H]C1=CC(C(C)C)CC([2H])=C1N1c2cc(C)cc3c2B(c2cc(C(C)(C)c4cc([2H])c([2H])c([2H])c4)ccc2N3C2CC=C(C(C)C)C=C2c2ccccc2)c2sc3cc4c(cc3c21)C(C)(C)CCC4(C)C. The molecule has 0 bridgehead atoms. The summed E-state index contributed by atoms with van der Waals surface area (Å²) in [7, 11) is 0. The molecule has 4 heteroatoms. The number of allylic oxidation sites excluding steroid dienone is 5. The van der Waals surface area contributed by atoms with E-state index in [-0.39, 0.29) is 47.6 Å². The molecule has 5 aliphatic rings. The van der Waals surface area contributed by atoms with Crippen LogP contribution in [0.4, 0.5) is 22.7 Å². The van der Waals surface area contributed by atoms with Gasteiger partial charge in [-0.1, -0.05) is 166 Å². The number of fused-ring (bicyclic) bond motifs is 7. The fourth-order valence-corrected chi connectivity index (χ4v) is 13.2. The fraction of sp³-hybridized carbons (Fsp3) is 0.355. The summed E-state index contributed by atoms with van der Waals surface area (Å²) in [4.78, 5) is 5.00. The number of aryl methyl sites for hydroxylation is 1. The van der Waals surface area contributed by atoms with Crippen molar-refractivity contribution in [3.05, 3.63) is 178 Å². The predicted octanol–water partition coefficient (Wildman–Crippen LogP) is 14.9. The van der Waals surface area contributed by atoms with Gasteiger partial charge in [0.2, 0.25) is 0 Å². The maximum Gasteiger partial charge on any atom is 0.264 e. The maximum absolute atomic E-state index is 9.98. The normalized spacial score (nSPS) is 21.8. The topological polar surface area (TPSA) is 6.48 Å². The number of nitrogens with zero attached hydrogens (tertiary/aromatic N) is 2. The Kier molecular flexibility index (Phi) is 8.94. The number of hydrogen-bond donors (Lipinski definition) is 0. The van der Waals surface area contributed by atoms with E-state index >= 15 is 0 Å². The van der Waals surface area contributed by atoms with Crippen LogP contribution in [-0.2, 0) is 16.2 Å². The van der Waals surface area contributed by atoms with Crippen molar-refractivity contribution in [2.75, 3.05) is 9.80 Å². The average molecular weight is 888 g/mol. The minimum Gasteiger partial charge on any atom is -0.334 e. The lowest BCUT2D eigenvalue weighted by Gasteiger charge is -2.47. The number of hydrogen-bond acceptors (Lipinski definition) is 3. The molecule has 11 rings (SSSR count). The Labute approximate surface area is 407 Å². The Morgan fingerprint density at radius 2 is 1.50 bits per heavy atom. The van der Waals surface area contributed by atoms with Crippen molar-refractivity contribution in [2.24, 2.45) is 17.8 Å². The zero-order valence-electron chi connectivity index (χ0n) is 45.8. The van der Waals surface area contributed by atoms with E-state index in [0.29, 0.717) is 36.1 Å². The van der Waals surface area contributed by atoms with E-state index in [0.717, 1.165) is 58.7 Å². The second kappa shape index (κ2) is 15.6. The minimum atomic E-state index is -0.602. The standard InChI is InChI=1S/C62H67BN2S/c1-38(2)41-22-26-46(27-23-41)64-54-32-40(5)33-55-57(54)63(59-58(64)48-36-49-50(37-56(48)66-59)61(8,9)31-30-60(49,6)7)51-35-45(62(10,11)44-20-16-13-17-21-44)25-29-53(51)65(55)52-28-24-43(39(3)4)34-47(52)42-18-14-12-15-19-42/h12-22,24-27,29,32-39,41,52H,23,28,30-31H2,1-11H3/i13D,16D,17D,26D,27D. The zero-order chi connectivity index (χ0) is 50.4. The molecule has 66 heavy (non-hydrogen) atoms. The molecule has 2 atom stereocenters. The van der Waals surface area contributed by atoms with Crippen LogP contribution in [0.25, 0.3) is 15.7 Å². The summed E-state index contributed by atoms with van der Waals surface area (Å²) in [6.07, 6.45) is 10.6. The highest BCUT2D eigenvalue weighted by Crippen LogP contribution is 2.52. The minimum absolute atomic E-state index is 0.0158. The van der Waals surface area contributed by atoms with Gasteiger partial charge in [0.05, 0.1) is 18.6 Å². The van der Waals surface area contributed by atoms with E-state index < -0.39 is 5.41 Å². The lowest BCUT2D eigenvalue weighted by atomic mass is 9.36. The van der Waals surface area contributed by atoms with Crippen LogP contribution in [0.1, 0.15) is 135 Å². The van der Waals surface area contributed by atoms with Gasteiger partial charge < -0.3 is 9.80 Å². The van der Waals surface area contributed by atoms with Crippen molar-refractivity contribution in [1.29, 1.82) is 0 Å². The Balaban J connectivity index is 1.25. The van der Waals surface area contributed by atoms with Crippen LogP contribution < -0.4 is 25.5 Å². The number of anilines is 4. The van der Waals surface area contributed by atoms with E-state index in [4.69, 9.17) is 4.11 Å². The van der Waals surface area contributed by atoms with Crippen molar-refractivity contribution in [3.8, 4) is 0 Å². The van der Waals surface area contributed by atoms with Gasteiger partial charge in [-0.25, -0.2) is 0 Å². The van der Waals surface area contributed by atoms with Gasteiger partial charge >= 0.3 is 0 Å². The lowest BCUT2D eigenvalue weighted by Crippen LogP contribution is -2.62. The van der Waals surface area contributed by atoms with Gasteiger partial charge in [-0.15, -0.1) is 11.3 Å². The van der Waals surface area contributed by atoms with E-state index in [1.54, 1.807) is 12.1 Å². The van der Waals surface area contributed by atoms with Crippen molar-refractivity contribution in [3.63, 3.8) is 0 Å². The van der Waals surface area contributed by atoms with Gasteiger partial charge in [0.15, 0.2) is 0 Å². The van der Waals surface area contributed by atoms with Crippen LogP contribution in [0.15, 0.2) is 145 Å². The molecule has 0 amide bonds. The van der Waals surface area contributed by atoms with Crippen LogP contribution >= 0.6 is 11.3 Å². The summed E-state index contributed by atoms with van der Waals surface area (Å²) in [5.41, 5.74) is 16.7. The van der Waals surface area contributed by atoms with Gasteiger partial charge in [0, 0.05) is 43.0 Å². The highest BCUT2D eigenvalue weighted by Gasteiger charge is 2.48. The maximum atomic E-state index is 9.98. The lowest BCUT2D eigenvalue weighted by molar-refractivity contribution is 0.332. The molecule has 0 radical (unpaired) electrons. The second-order valence-corrected chi connectivity index (χ2v) is 23.5. The molecule has 334 valence electrons. The molecule has 2 unspecified atom stereocenters. The Morgan fingerprint density at radius 3 is 2.20 bits per heavy atom. The van der Waals surface area contributed by atoms with Crippen molar-refractivity contribution in [2.45, 2.75) is 124 Å². The zero-order valence-corrected chi connectivity index (χ0v) is 41.6. The summed E-state index contributed by atoms with van der Waals surface area (Å²) < 4.78 is 48.2. The third kappa shape index (κ3) is 6.78. The van der Waals surface area contributed by atoms with Crippen LogP contribution in [0.3, 0.4) is 0 Å². The Hall–Kier alpha value is -5.32. The van der Waals surface area contributed by atoms with Crippen molar-refractivity contribution >= 4 is 72.2 Å². The van der Waals surface area contributed by atoms with Crippen molar-refractivity contribution < 1.29 is 6.85 Å². The third-order valence-electron chi connectivity index (χ3n) is 16.2. The molecule has 2 aliphatic heterocycles. The van der Waals surface area contributed by atoms with Gasteiger partial charge in [0.1, 0.15) is 0 Å². The Morgan fingerprint density at radius 1 is 0.788 bits per heavy atom. The molecule has 0 N–H and O–H groups in total. The van der Waals surface area contributed by atoms with E-state index in [2.05, 4.69) is 177 Å². The third-order valence-corrected chi connectivity index (χ3v) is 17.4. The largest absolute Gasteiger partial charge is 0.334 e. The van der Waals surface area contributed by atoms with Crippen molar-refractivity contribution in [1.82, 2.24) is 0 Å². The molecule has 0 spiro atoms. The molecule has 2 nitrogen and oxygen atoms in total. The van der Waals surface area contributed by atoms with Gasteiger partial charge in [-0.2, -0.15) is 0 Å². The molecule has 3 heterocycles. The van der Waals surface area contributed by atoms with Gasteiger partial charge in [-0.05, 0) is 153 Å². The van der Waals surface area contributed by atoms with Gasteiger partial charge in [0.25, 0.3) is 6.71 Å². The van der Waals surface area contributed by atoms with E-state index in [9.17, 15) is 2.74 Å². The smallest absolute Gasteiger partial charge is 0.264 e. The second-order valence-electron chi connectivity index (χ2n) is 22.4. The molecule has 1 aromatic heterocycles. The number of benzene rings is 5. The van der Waals surface area contributed by atoms with Crippen LogP contribution in [-0.4, -0.2) is 12.8 Å². The molecule has 3 aliphatic carbocycles. The monoisotopic (exact) mass is 888 g/mol. The summed E-state index contributed by atoms with van der Waals surface area (Å²) in [5.74, 6) is 0.799. The number of thiophene rings is 1. The molecule has 0 saturated carbocycles. The summed E-state index contributed by atoms with van der Waals surface area (Å²) in [6, 6.07) is 32.2. The summed E-state index contributed by atoms with van der Waals surface area (Å²) in [5, 5.41) is 1.19. The molecule has 5 aromatic carbocycles. The van der Waals surface area contributed by atoms with Gasteiger partial charge in [-0.3, -0.25) is 0 Å². The van der Waals surface area contributed by atoms with Crippen LogP contribution in [0.5, 0.6) is 0 Å². The molecule has 6 aromatic rings. The first kappa shape index (κ1) is 37.7. The molecular weight excluding hydrogens is 816 g/mol. The first-order chi connectivity index (χ1) is 33.6. The average Bonchev–Trinajstić information content (AvgIpc) is 3.70. The first-order valence-corrected chi connectivity index (χ1v) is 25.3. The van der Waals surface area contributed by atoms with E-state index in [1.165, 1.54) is 53.6 Å². The predicted molar refractivity (Wildman–Crippen MR) is 288 cm³/mol. The Bertz CT molecular complexity index is 3330. The summed E-state index contributed by atoms with van der Waals surface area (Å²) in [6.45, 7) is 25.0. The van der Waals surface area contributed by atoms with Crippen LogP contribution in [0.2, 0.25) is 0 Å². The highest BCUT2D eigenvalue weighted by molar-refractivity contribution is 7.33. The fourth-order valence-electron chi connectivity index (χ4n) is 11.9. The van der Waals surface area contributed by atoms with Crippen LogP contribution in [0, 0.1) is 24.7 Å². The first-order valence-electron chi connectivity index (χ1n) is 27.0. The molecule has 0 fully saturated rings. The molecule has 0 saturated heterocycles. The quantitative estimate of drug-likeness (QED) is 0.147. The number of rotatable bonds is 7. The summed E-state index contributed by atoms with van der Waals surface area (Å²) >= 11 is 1.89. The van der Waals surface area contributed by atoms with E-state index in [1.807, 2.05) is 11.3 Å². The molecular formula is C62H67BN2S.